The van der Waals surface area contributed by atoms with Gasteiger partial charge in [0, 0.05) is 23.7 Å². The Kier molecular flexibility index (Phi) is 6.67. The van der Waals surface area contributed by atoms with E-state index in [2.05, 4.69) is 17.4 Å². The highest BCUT2D eigenvalue weighted by molar-refractivity contribution is 6.31. The van der Waals surface area contributed by atoms with Crippen LogP contribution in [0, 0.1) is 5.82 Å². The van der Waals surface area contributed by atoms with Crippen molar-refractivity contribution in [3.63, 3.8) is 0 Å². The number of hydrogen-bond acceptors (Lipinski definition) is 3. The van der Waals surface area contributed by atoms with Crippen LogP contribution < -0.4 is 10.1 Å². The van der Waals surface area contributed by atoms with Gasteiger partial charge in [0.1, 0.15) is 18.2 Å². The van der Waals surface area contributed by atoms with Gasteiger partial charge in [0.25, 0.3) is 0 Å². The van der Waals surface area contributed by atoms with Gasteiger partial charge in [0.2, 0.25) is 0 Å². The molecule has 1 atom stereocenters. The number of halogens is 2. The minimum absolute atomic E-state index is 0.0309. The van der Waals surface area contributed by atoms with Crippen molar-refractivity contribution in [2.24, 2.45) is 0 Å². The first-order valence-corrected chi connectivity index (χ1v) is 9.41. The predicted molar refractivity (Wildman–Crippen MR) is 108 cm³/mol. The Morgan fingerprint density at radius 1 is 1.15 bits per heavy atom. The second kappa shape index (κ2) is 9.18. The van der Waals surface area contributed by atoms with Crippen molar-refractivity contribution in [1.29, 1.82) is 0 Å². The van der Waals surface area contributed by atoms with E-state index in [9.17, 15) is 9.50 Å². The molecule has 2 N–H and O–H groups in total. The van der Waals surface area contributed by atoms with Crippen LogP contribution in [0.25, 0.3) is 10.8 Å². The molecule has 0 radical (unpaired) electrons. The van der Waals surface area contributed by atoms with E-state index in [-0.39, 0.29) is 25.1 Å². The van der Waals surface area contributed by atoms with Gasteiger partial charge in [-0.1, -0.05) is 54.9 Å². The Morgan fingerprint density at radius 2 is 1.96 bits per heavy atom. The summed E-state index contributed by atoms with van der Waals surface area (Å²) >= 11 is 6.11. The highest BCUT2D eigenvalue weighted by Gasteiger charge is 2.12. The Bertz CT molecular complexity index is 912. The monoisotopic (exact) mass is 387 g/mol. The number of fused-ring (bicyclic) bond motifs is 1. The van der Waals surface area contributed by atoms with Crippen LogP contribution in [0.5, 0.6) is 5.75 Å². The molecule has 0 bridgehead atoms. The molecule has 142 valence electrons. The SMILES string of the molecule is CCC(CO)NCc1c(OCc2ccc(F)cc2Cl)ccc2ccccc12. The summed E-state index contributed by atoms with van der Waals surface area (Å²) in [7, 11) is 0. The van der Waals surface area contributed by atoms with Gasteiger partial charge in [-0.25, -0.2) is 4.39 Å². The number of nitrogens with one attached hydrogen (secondary N) is 1. The first kappa shape index (κ1) is 19.6. The summed E-state index contributed by atoms with van der Waals surface area (Å²) in [5.74, 6) is 0.378. The number of benzene rings is 3. The Labute approximate surface area is 163 Å². The molecule has 0 aliphatic rings. The third-order valence-corrected chi connectivity index (χ3v) is 5.03. The topological polar surface area (TPSA) is 41.5 Å². The highest BCUT2D eigenvalue weighted by atomic mass is 35.5. The van der Waals surface area contributed by atoms with E-state index in [4.69, 9.17) is 16.3 Å². The average molecular weight is 388 g/mol. The van der Waals surface area contributed by atoms with Crippen LogP contribution in [-0.2, 0) is 13.2 Å². The van der Waals surface area contributed by atoms with Crippen LogP contribution in [0.4, 0.5) is 4.39 Å². The molecule has 0 spiro atoms. The van der Waals surface area contributed by atoms with Gasteiger partial charge in [-0.05, 0) is 35.4 Å². The maximum atomic E-state index is 13.2. The van der Waals surface area contributed by atoms with E-state index in [1.165, 1.54) is 12.1 Å². The minimum atomic E-state index is -0.367. The van der Waals surface area contributed by atoms with Crippen molar-refractivity contribution in [3.8, 4) is 5.75 Å². The molecule has 0 saturated carbocycles. The minimum Gasteiger partial charge on any atom is -0.488 e. The van der Waals surface area contributed by atoms with Crippen LogP contribution in [0.3, 0.4) is 0 Å². The fourth-order valence-electron chi connectivity index (χ4n) is 3.01. The van der Waals surface area contributed by atoms with Gasteiger partial charge in [-0.15, -0.1) is 0 Å². The summed E-state index contributed by atoms with van der Waals surface area (Å²) in [4.78, 5) is 0. The lowest BCUT2D eigenvalue weighted by Crippen LogP contribution is -2.31. The Morgan fingerprint density at radius 3 is 2.70 bits per heavy atom. The molecule has 27 heavy (non-hydrogen) atoms. The summed E-state index contributed by atoms with van der Waals surface area (Å²) in [6, 6.07) is 16.4. The first-order chi connectivity index (χ1) is 13.1. The number of rotatable bonds is 8. The average Bonchev–Trinajstić information content (AvgIpc) is 2.68. The molecule has 0 saturated heterocycles. The van der Waals surface area contributed by atoms with Gasteiger partial charge >= 0.3 is 0 Å². The van der Waals surface area contributed by atoms with Gasteiger partial charge < -0.3 is 15.2 Å². The van der Waals surface area contributed by atoms with Crippen LogP contribution in [0.1, 0.15) is 24.5 Å². The Hall–Kier alpha value is -2.14. The van der Waals surface area contributed by atoms with Crippen LogP contribution in [-0.4, -0.2) is 17.8 Å². The van der Waals surface area contributed by atoms with E-state index in [1.54, 1.807) is 6.07 Å². The van der Waals surface area contributed by atoms with Crippen molar-refractivity contribution >= 4 is 22.4 Å². The van der Waals surface area contributed by atoms with Crippen molar-refractivity contribution in [2.75, 3.05) is 6.61 Å². The third-order valence-electron chi connectivity index (χ3n) is 4.68. The molecule has 1 unspecified atom stereocenters. The van der Waals surface area contributed by atoms with Gasteiger partial charge in [0.15, 0.2) is 0 Å². The largest absolute Gasteiger partial charge is 0.488 e. The summed E-state index contributed by atoms with van der Waals surface area (Å²) in [6.07, 6.45) is 0.836. The highest BCUT2D eigenvalue weighted by Crippen LogP contribution is 2.29. The molecule has 0 amide bonds. The van der Waals surface area contributed by atoms with Gasteiger partial charge in [-0.2, -0.15) is 0 Å². The lowest BCUT2D eigenvalue weighted by Gasteiger charge is -2.18. The zero-order valence-corrected chi connectivity index (χ0v) is 16.0. The molecule has 3 nitrogen and oxygen atoms in total. The summed E-state index contributed by atoms with van der Waals surface area (Å²) in [5.41, 5.74) is 1.75. The lowest BCUT2D eigenvalue weighted by molar-refractivity contribution is 0.237. The van der Waals surface area contributed by atoms with Crippen molar-refractivity contribution in [3.05, 3.63) is 76.6 Å². The predicted octanol–water partition coefficient (Wildman–Crippen LogP) is 5.07. The van der Waals surface area contributed by atoms with Crippen molar-refractivity contribution in [2.45, 2.75) is 32.5 Å². The van der Waals surface area contributed by atoms with Crippen LogP contribution in [0.15, 0.2) is 54.6 Å². The second-order valence-electron chi connectivity index (χ2n) is 6.46. The maximum absolute atomic E-state index is 13.2. The van der Waals surface area contributed by atoms with Gasteiger partial charge in [-0.3, -0.25) is 0 Å². The summed E-state index contributed by atoms with van der Waals surface area (Å²) in [6.45, 7) is 2.95. The standard InChI is InChI=1S/C22H23ClFNO2/c1-2-18(13-26)25-12-20-19-6-4-3-5-15(19)8-10-22(20)27-14-16-7-9-17(24)11-21(16)23/h3-11,18,25-26H,2,12-14H2,1H3. The van der Waals surface area contributed by atoms with Gasteiger partial charge in [0.05, 0.1) is 11.6 Å². The van der Waals surface area contributed by atoms with E-state index in [0.29, 0.717) is 11.6 Å². The summed E-state index contributed by atoms with van der Waals surface area (Å²) in [5, 5.41) is 15.4. The molecule has 0 heterocycles. The third kappa shape index (κ3) is 4.78. The molecule has 0 fully saturated rings. The van der Waals surface area contributed by atoms with Crippen LogP contribution >= 0.6 is 11.6 Å². The first-order valence-electron chi connectivity index (χ1n) is 9.04. The number of hydrogen-bond donors (Lipinski definition) is 2. The lowest BCUT2D eigenvalue weighted by atomic mass is 10.0. The molecular weight excluding hydrogens is 365 g/mol. The zero-order valence-electron chi connectivity index (χ0n) is 15.2. The smallest absolute Gasteiger partial charge is 0.124 e. The molecule has 0 aliphatic heterocycles. The summed E-state index contributed by atoms with van der Waals surface area (Å²) < 4.78 is 19.3. The fraction of sp³-hybridized carbons (Fsp3) is 0.273. The number of ether oxygens (including phenoxy) is 1. The fourth-order valence-corrected chi connectivity index (χ4v) is 3.23. The van der Waals surface area contributed by atoms with Crippen LogP contribution in [0.2, 0.25) is 5.02 Å². The molecule has 5 heteroatoms. The van der Waals surface area contributed by atoms with Crippen molar-refractivity contribution in [1.82, 2.24) is 5.32 Å². The molecule has 3 aromatic rings. The Balaban J connectivity index is 1.87. The molecule has 3 rings (SSSR count). The quantitative estimate of drug-likeness (QED) is 0.567. The van der Waals surface area contributed by atoms with Crippen molar-refractivity contribution < 1.29 is 14.2 Å². The normalized spacial score (nSPS) is 12.3. The van der Waals surface area contributed by atoms with E-state index < -0.39 is 0 Å². The molecule has 3 aromatic carbocycles. The number of aliphatic hydroxyl groups is 1. The second-order valence-corrected chi connectivity index (χ2v) is 6.86. The number of aliphatic hydroxyl groups excluding tert-OH is 1. The molecule has 0 aromatic heterocycles. The van der Waals surface area contributed by atoms with E-state index >= 15 is 0 Å². The van der Waals surface area contributed by atoms with E-state index in [0.717, 1.165) is 34.1 Å². The molecular formula is C22H23ClFNO2. The molecule has 0 aliphatic carbocycles. The van der Waals surface area contributed by atoms with E-state index in [1.807, 2.05) is 31.2 Å². The zero-order chi connectivity index (χ0) is 19.2. The maximum Gasteiger partial charge on any atom is 0.124 e.